The topological polar surface area (TPSA) is 29.5 Å². The van der Waals surface area contributed by atoms with Gasteiger partial charge in [-0.2, -0.15) is 0 Å². The van der Waals surface area contributed by atoms with Crippen molar-refractivity contribution in [3.63, 3.8) is 0 Å². The molecule has 0 aliphatic rings. The highest BCUT2D eigenvalue weighted by Crippen LogP contribution is 2.24. The summed E-state index contributed by atoms with van der Waals surface area (Å²) < 4.78 is 5.30. The summed E-state index contributed by atoms with van der Waals surface area (Å²) in [6, 6.07) is 0.146. The van der Waals surface area contributed by atoms with Crippen LogP contribution in [0.15, 0.2) is 0 Å². The minimum atomic E-state index is -0.428. The van der Waals surface area contributed by atoms with Gasteiger partial charge in [-0.3, -0.25) is 0 Å². The van der Waals surface area contributed by atoms with Crippen LogP contribution in [0.5, 0.6) is 0 Å². The first-order valence-electron chi connectivity index (χ1n) is 5.41. The first kappa shape index (κ1) is 14.3. The number of hydrogen-bond donors (Lipinski definition) is 0. The van der Waals surface area contributed by atoms with Gasteiger partial charge in [0.15, 0.2) is 0 Å². The smallest absolute Gasteiger partial charge is 0.410 e. The average molecular weight is 215 g/mol. The Kier molecular flexibility index (Phi) is 4.20. The molecule has 0 N–H and O–H groups in total. The summed E-state index contributed by atoms with van der Waals surface area (Å²) >= 11 is 0. The number of carbonyl (C=O) groups excluding carboxylic acids is 1. The van der Waals surface area contributed by atoms with Crippen molar-refractivity contribution in [1.29, 1.82) is 0 Å². The highest BCUT2D eigenvalue weighted by atomic mass is 16.6. The van der Waals surface area contributed by atoms with Gasteiger partial charge in [0.05, 0.1) is 0 Å². The second-order valence-electron chi connectivity index (χ2n) is 6.13. The molecule has 0 bridgehead atoms. The van der Waals surface area contributed by atoms with Crippen LogP contribution in [-0.2, 0) is 4.74 Å². The van der Waals surface area contributed by atoms with E-state index < -0.39 is 5.60 Å². The minimum absolute atomic E-state index is 0.0612. The summed E-state index contributed by atoms with van der Waals surface area (Å²) in [5.41, 5.74) is -0.366. The molecule has 0 fully saturated rings. The number of nitrogens with zero attached hydrogens (tertiary/aromatic N) is 1. The van der Waals surface area contributed by atoms with E-state index in [1.165, 1.54) is 0 Å². The van der Waals surface area contributed by atoms with Gasteiger partial charge in [0.1, 0.15) is 5.60 Å². The van der Waals surface area contributed by atoms with Gasteiger partial charge in [-0.25, -0.2) is 4.79 Å². The Balaban J connectivity index is 4.46. The lowest BCUT2D eigenvalue weighted by Gasteiger charge is -2.36. The Hall–Kier alpha value is -0.730. The molecule has 3 heteroatoms. The summed E-state index contributed by atoms with van der Waals surface area (Å²) in [4.78, 5) is 13.4. The van der Waals surface area contributed by atoms with Crippen LogP contribution in [0.1, 0.15) is 48.5 Å². The highest BCUT2D eigenvalue weighted by molar-refractivity contribution is 5.68. The van der Waals surface area contributed by atoms with E-state index in [0.29, 0.717) is 0 Å². The number of hydrogen-bond acceptors (Lipinski definition) is 2. The highest BCUT2D eigenvalue weighted by Gasteiger charge is 2.29. The summed E-state index contributed by atoms with van der Waals surface area (Å²) in [5.74, 6) is 0. The Morgan fingerprint density at radius 2 is 1.53 bits per heavy atom. The van der Waals surface area contributed by atoms with Crippen molar-refractivity contribution < 1.29 is 9.53 Å². The molecule has 0 rings (SSSR count). The van der Waals surface area contributed by atoms with E-state index in [4.69, 9.17) is 4.74 Å². The molecule has 0 spiro atoms. The van der Waals surface area contributed by atoms with Crippen molar-refractivity contribution >= 4 is 6.09 Å². The SMILES string of the molecule is CC(N(C)C(=O)OC(C)(C)C)C(C)(C)C. The third kappa shape index (κ3) is 5.05. The summed E-state index contributed by atoms with van der Waals surface area (Å²) in [6.45, 7) is 14.0. The Bertz CT molecular complexity index is 223. The standard InChI is InChI=1S/C12H25NO2/c1-9(11(2,3)4)13(8)10(14)15-12(5,6)7/h9H,1-8H3. The van der Waals surface area contributed by atoms with Crippen LogP contribution in [0.2, 0.25) is 0 Å². The largest absolute Gasteiger partial charge is 0.444 e. The summed E-state index contributed by atoms with van der Waals surface area (Å²) in [6.07, 6.45) is -0.259. The maximum Gasteiger partial charge on any atom is 0.410 e. The van der Waals surface area contributed by atoms with Gasteiger partial charge in [-0.1, -0.05) is 20.8 Å². The van der Waals surface area contributed by atoms with Gasteiger partial charge in [0, 0.05) is 13.1 Å². The monoisotopic (exact) mass is 215 g/mol. The molecule has 15 heavy (non-hydrogen) atoms. The zero-order chi connectivity index (χ0) is 12.4. The van der Waals surface area contributed by atoms with Crippen LogP contribution in [0.25, 0.3) is 0 Å². The fourth-order valence-corrected chi connectivity index (χ4v) is 1.07. The maximum absolute atomic E-state index is 11.8. The molecule has 0 radical (unpaired) electrons. The number of ether oxygens (including phenoxy) is 1. The lowest BCUT2D eigenvalue weighted by Crippen LogP contribution is -2.45. The molecule has 0 saturated heterocycles. The molecule has 0 aliphatic heterocycles. The lowest BCUT2D eigenvalue weighted by molar-refractivity contribution is 0.0128. The molecular formula is C12H25NO2. The maximum atomic E-state index is 11.8. The van der Waals surface area contributed by atoms with Crippen LogP contribution in [0.4, 0.5) is 4.79 Å². The predicted molar refractivity (Wildman–Crippen MR) is 62.9 cm³/mol. The molecule has 1 unspecified atom stereocenters. The third-order valence-corrected chi connectivity index (χ3v) is 2.52. The van der Waals surface area contributed by atoms with Gasteiger partial charge < -0.3 is 9.64 Å². The van der Waals surface area contributed by atoms with E-state index in [9.17, 15) is 4.79 Å². The van der Waals surface area contributed by atoms with Crippen molar-refractivity contribution in [1.82, 2.24) is 4.90 Å². The molecule has 3 nitrogen and oxygen atoms in total. The van der Waals surface area contributed by atoms with Crippen LogP contribution < -0.4 is 0 Å². The molecule has 0 saturated carbocycles. The third-order valence-electron chi connectivity index (χ3n) is 2.52. The number of rotatable bonds is 1. The first-order valence-corrected chi connectivity index (χ1v) is 5.41. The normalized spacial score (nSPS) is 14.7. The number of amides is 1. The van der Waals surface area contributed by atoms with E-state index in [-0.39, 0.29) is 17.6 Å². The molecule has 0 heterocycles. The molecular weight excluding hydrogens is 190 g/mol. The predicted octanol–water partition coefficient (Wildman–Crippen LogP) is 3.29. The van der Waals surface area contributed by atoms with Crippen molar-refractivity contribution in [3.8, 4) is 0 Å². The van der Waals surface area contributed by atoms with E-state index in [1.54, 1.807) is 11.9 Å². The number of carbonyl (C=O) groups is 1. The van der Waals surface area contributed by atoms with E-state index in [1.807, 2.05) is 27.7 Å². The van der Waals surface area contributed by atoms with Crippen molar-refractivity contribution in [2.24, 2.45) is 5.41 Å². The zero-order valence-corrected chi connectivity index (χ0v) is 11.3. The first-order chi connectivity index (χ1) is 6.45. The van der Waals surface area contributed by atoms with Crippen molar-refractivity contribution in [2.45, 2.75) is 60.1 Å². The van der Waals surface area contributed by atoms with E-state index >= 15 is 0 Å². The minimum Gasteiger partial charge on any atom is -0.444 e. The Morgan fingerprint density at radius 1 is 1.13 bits per heavy atom. The van der Waals surface area contributed by atoms with Gasteiger partial charge in [0.2, 0.25) is 0 Å². The molecule has 90 valence electrons. The van der Waals surface area contributed by atoms with Crippen LogP contribution >= 0.6 is 0 Å². The molecule has 0 aromatic carbocycles. The summed E-state index contributed by atoms with van der Waals surface area (Å²) in [7, 11) is 1.78. The Morgan fingerprint density at radius 3 is 1.80 bits per heavy atom. The molecule has 1 amide bonds. The van der Waals surface area contributed by atoms with Crippen LogP contribution in [0, 0.1) is 5.41 Å². The average Bonchev–Trinajstić information content (AvgIpc) is 1.96. The molecule has 1 atom stereocenters. The second-order valence-corrected chi connectivity index (χ2v) is 6.13. The van der Waals surface area contributed by atoms with Crippen LogP contribution in [0.3, 0.4) is 0 Å². The summed E-state index contributed by atoms with van der Waals surface area (Å²) in [5, 5.41) is 0. The zero-order valence-electron chi connectivity index (χ0n) is 11.3. The quantitative estimate of drug-likeness (QED) is 0.671. The molecule has 0 aromatic rings. The van der Waals surface area contributed by atoms with Crippen molar-refractivity contribution in [2.75, 3.05) is 7.05 Å². The van der Waals surface area contributed by atoms with Gasteiger partial charge in [0.25, 0.3) is 0 Å². The van der Waals surface area contributed by atoms with Crippen LogP contribution in [-0.4, -0.2) is 29.7 Å². The molecule has 0 aliphatic carbocycles. The van der Waals surface area contributed by atoms with Gasteiger partial charge >= 0.3 is 6.09 Å². The fraction of sp³-hybridized carbons (Fsp3) is 0.917. The Labute approximate surface area is 93.8 Å². The second kappa shape index (κ2) is 4.42. The van der Waals surface area contributed by atoms with E-state index in [2.05, 4.69) is 20.8 Å². The van der Waals surface area contributed by atoms with Gasteiger partial charge in [-0.05, 0) is 33.1 Å². The van der Waals surface area contributed by atoms with Gasteiger partial charge in [-0.15, -0.1) is 0 Å². The lowest BCUT2D eigenvalue weighted by atomic mass is 9.87. The van der Waals surface area contributed by atoms with Crippen molar-refractivity contribution in [3.05, 3.63) is 0 Å². The fourth-order valence-electron chi connectivity index (χ4n) is 1.07. The van der Waals surface area contributed by atoms with E-state index in [0.717, 1.165) is 0 Å². The molecule has 0 aromatic heterocycles.